The van der Waals surface area contributed by atoms with Crippen LogP contribution in [0.4, 0.5) is 0 Å². The summed E-state index contributed by atoms with van der Waals surface area (Å²) in [7, 11) is 0. The Morgan fingerprint density at radius 1 is 1.31 bits per heavy atom. The number of rotatable bonds is 4. The molecule has 0 aromatic carbocycles. The molecule has 0 aromatic heterocycles. The predicted molar refractivity (Wildman–Crippen MR) is 69.5 cm³/mol. The minimum Gasteiger partial charge on any atom is -0.355 e. The van der Waals surface area contributed by atoms with Crippen molar-refractivity contribution in [2.75, 3.05) is 6.54 Å². The Morgan fingerprint density at radius 3 is 2.19 bits per heavy atom. The summed E-state index contributed by atoms with van der Waals surface area (Å²) < 4.78 is 0. The van der Waals surface area contributed by atoms with Gasteiger partial charge in [0.05, 0.1) is 0 Å². The smallest absolute Gasteiger partial charge is 0.224 e. The first-order valence-electron chi connectivity index (χ1n) is 6.20. The highest BCUT2D eigenvalue weighted by atomic mass is 79.9. The molecule has 0 heterocycles. The van der Waals surface area contributed by atoms with Crippen LogP contribution in [0.1, 0.15) is 40.5 Å². The van der Waals surface area contributed by atoms with Gasteiger partial charge in [-0.05, 0) is 29.6 Å². The molecule has 0 bridgehead atoms. The van der Waals surface area contributed by atoms with Crippen LogP contribution in [-0.2, 0) is 4.79 Å². The molecule has 2 aliphatic carbocycles. The van der Waals surface area contributed by atoms with Crippen LogP contribution in [0.5, 0.6) is 0 Å². The van der Waals surface area contributed by atoms with E-state index in [-0.39, 0.29) is 22.7 Å². The molecule has 1 N–H and O–H groups in total. The van der Waals surface area contributed by atoms with Gasteiger partial charge in [0, 0.05) is 17.3 Å². The first-order chi connectivity index (χ1) is 7.28. The monoisotopic (exact) mass is 287 g/mol. The number of hydrogen-bond donors (Lipinski definition) is 1. The van der Waals surface area contributed by atoms with Gasteiger partial charge in [-0.1, -0.05) is 43.6 Å². The summed E-state index contributed by atoms with van der Waals surface area (Å²) in [6, 6.07) is 0. The van der Waals surface area contributed by atoms with Crippen LogP contribution in [0, 0.1) is 22.7 Å². The van der Waals surface area contributed by atoms with Crippen LogP contribution >= 0.6 is 15.9 Å². The highest BCUT2D eigenvalue weighted by molar-refractivity contribution is 9.09. The van der Waals surface area contributed by atoms with E-state index in [9.17, 15) is 4.79 Å². The van der Waals surface area contributed by atoms with Gasteiger partial charge in [0.15, 0.2) is 0 Å². The highest BCUT2D eigenvalue weighted by Crippen LogP contribution is 2.68. The number of carbonyl (C=O) groups excluding carboxylic acids is 1. The quantitative estimate of drug-likeness (QED) is 0.792. The number of halogens is 1. The van der Waals surface area contributed by atoms with E-state index >= 15 is 0 Å². The zero-order valence-electron chi connectivity index (χ0n) is 10.6. The van der Waals surface area contributed by atoms with Gasteiger partial charge in [-0.2, -0.15) is 0 Å². The summed E-state index contributed by atoms with van der Waals surface area (Å²) in [5.41, 5.74) is 0.303. The van der Waals surface area contributed by atoms with Crippen LogP contribution in [0.25, 0.3) is 0 Å². The molecular formula is C13H22BrNO. The molecule has 1 atom stereocenters. The van der Waals surface area contributed by atoms with Crippen LogP contribution in [0.2, 0.25) is 0 Å². The number of carbonyl (C=O) groups is 1. The van der Waals surface area contributed by atoms with E-state index in [1.165, 1.54) is 12.8 Å². The van der Waals surface area contributed by atoms with E-state index < -0.39 is 0 Å². The van der Waals surface area contributed by atoms with E-state index in [2.05, 4.69) is 48.9 Å². The van der Waals surface area contributed by atoms with Gasteiger partial charge in [-0.25, -0.2) is 0 Å². The molecule has 0 radical (unpaired) electrons. The molecule has 2 saturated carbocycles. The van der Waals surface area contributed by atoms with E-state index in [0.29, 0.717) is 4.83 Å². The number of amides is 1. The summed E-state index contributed by atoms with van der Waals surface area (Å²) in [6.07, 6.45) is 2.62. The van der Waals surface area contributed by atoms with Crippen molar-refractivity contribution < 1.29 is 4.79 Å². The summed E-state index contributed by atoms with van der Waals surface area (Å²) in [6.45, 7) is 9.52. The summed E-state index contributed by atoms with van der Waals surface area (Å²) in [5, 5.41) is 3.09. The van der Waals surface area contributed by atoms with Gasteiger partial charge in [0.25, 0.3) is 0 Å². The Kier molecular flexibility index (Phi) is 2.89. The van der Waals surface area contributed by atoms with E-state index in [0.717, 1.165) is 12.5 Å². The normalized spacial score (nSPS) is 28.6. The maximum Gasteiger partial charge on any atom is 0.224 e. The van der Waals surface area contributed by atoms with Gasteiger partial charge < -0.3 is 5.32 Å². The average Bonchev–Trinajstić information content (AvgIpc) is 3.01. The van der Waals surface area contributed by atoms with Gasteiger partial charge in [-0.15, -0.1) is 0 Å². The number of alkyl halides is 1. The fourth-order valence-electron chi connectivity index (χ4n) is 2.78. The largest absolute Gasteiger partial charge is 0.355 e. The third kappa shape index (κ3) is 1.92. The van der Waals surface area contributed by atoms with Crippen molar-refractivity contribution in [1.29, 1.82) is 0 Å². The van der Waals surface area contributed by atoms with Crippen molar-refractivity contribution in [3.05, 3.63) is 0 Å². The lowest BCUT2D eigenvalue weighted by atomic mass is 10.0. The number of hydrogen-bond acceptors (Lipinski definition) is 1. The molecule has 1 amide bonds. The molecule has 0 aromatic rings. The summed E-state index contributed by atoms with van der Waals surface area (Å²) in [5.74, 6) is 1.21. The van der Waals surface area contributed by atoms with E-state index in [1.807, 2.05) is 0 Å². The molecule has 2 aliphatic rings. The molecule has 16 heavy (non-hydrogen) atoms. The van der Waals surface area contributed by atoms with E-state index in [1.54, 1.807) is 0 Å². The standard InChI is InChI=1S/C13H22BrNO/c1-12(2)10(13(12,3)4)11(16)15-7-9(14)8-5-6-8/h8-10H,5-7H2,1-4H3,(H,15,16). The molecule has 2 fully saturated rings. The second-order valence-corrected chi connectivity index (χ2v) is 7.65. The molecule has 2 rings (SSSR count). The molecule has 0 saturated heterocycles. The van der Waals surface area contributed by atoms with Crippen LogP contribution in [0.15, 0.2) is 0 Å². The summed E-state index contributed by atoms with van der Waals surface area (Å²) in [4.78, 5) is 12.5. The molecular weight excluding hydrogens is 266 g/mol. The van der Waals surface area contributed by atoms with Gasteiger partial charge in [0.2, 0.25) is 5.91 Å². The van der Waals surface area contributed by atoms with E-state index in [4.69, 9.17) is 0 Å². The van der Waals surface area contributed by atoms with Gasteiger partial charge in [-0.3, -0.25) is 4.79 Å². The second-order valence-electron chi connectivity index (χ2n) is 6.47. The maximum absolute atomic E-state index is 12.1. The Morgan fingerprint density at radius 2 is 1.81 bits per heavy atom. The predicted octanol–water partition coefficient (Wildman–Crippen LogP) is 2.96. The second kappa shape index (κ2) is 3.72. The maximum atomic E-state index is 12.1. The molecule has 92 valence electrons. The van der Waals surface area contributed by atoms with Crippen molar-refractivity contribution in [2.45, 2.75) is 45.4 Å². The third-order valence-corrected chi connectivity index (χ3v) is 5.96. The minimum atomic E-state index is 0.151. The van der Waals surface area contributed by atoms with Crippen LogP contribution in [-0.4, -0.2) is 17.3 Å². The Labute approximate surface area is 107 Å². The van der Waals surface area contributed by atoms with Crippen molar-refractivity contribution in [1.82, 2.24) is 5.32 Å². The lowest BCUT2D eigenvalue weighted by Crippen LogP contribution is -2.33. The highest BCUT2D eigenvalue weighted by Gasteiger charge is 2.68. The average molecular weight is 288 g/mol. The van der Waals surface area contributed by atoms with Crippen LogP contribution in [0.3, 0.4) is 0 Å². The fourth-order valence-corrected chi connectivity index (χ4v) is 3.47. The molecule has 1 unspecified atom stereocenters. The lowest BCUT2D eigenvalue weighted by Gasteiger charge is -2.10. The zero-order valence-corrected chi connectivity index (χ0v) is 12.2. The Balaban J connectivity index is 1.81. The van der Waals surface area contributed by atoms with Crippen molar-refractivity contribution in [3.8, 4) is 0 Å². The Hall–Kier alpha value is -0.0500. The molecule has 3 heteroatoms. The van der Waals surface area contributed by atoms with Crippen LogP contribution < -0.4 is 5.32 Å². The number of nitrogens with one attached hydrogen (secondary N) is 1. The first kappa shape index (κ1) is 12.4. The molecule has 2 nitrogen and oxygen atoms in total. The van der Waals surface area contributed by atoms with Gasteiger partial charge in [0.1, 0.15) is 0 Å². The lowest BCUT2D eigenvalue weighted by molar-refractivity contribution is -0.123. The fraction of sp³-hybridized carbons (Fsp3) is 0.923. The summed E-state index contributed by atoms with van der Waals surface area (Å²) >= 11 is 3.65. The van der Waals surface area contributed by atoms with Crippen molar-refractivity contribution in [2.24, 2.45) is 22.7 Å². The SMILES string of the molecule is CC1(C)C(C(=O)NCC(Br)C2CC2)C1(C)C. The molecule has 0 aliphatic heterocycles. The minimum absolute atomic E-state index is 0.151. The van der Waals surface area contributed by atoms with Crippen molar-refractivity contribution >= 4 is 21.8 Å². The first-order valence-corrected chi connectivity index (χ1v) is 7.12. The Bertz CT molecular complexity index is 293. The third-order valence-electron chi connectivity index (χ3n) is 4.89. The topological polar surface area (TPSA) is 29.1 Å². The molecule has 0 spiro atoms. The van der Waals surface area contributed by atoms with Crippen molar-refractivity contribution in [3.63, 3.8) is 0 Å². The zero-order chi connectivity index (χ0) is 12.1. The van der Waals surface area contributed by atoms with Gasteiger partial charge >= 0.3 is 0 Å².